The molecular formula is C21H22N2O2. The van der Waals surface area contributed by atoms with Crippen molar-refractivity contribution in [3.63, 3.8) is 0 Å². The minimum absolute atomic E-state index is 0.0353. The molecule has 3 rings (SSSR count). The van der Waals surface area contributed by atoms with Crippen LogP contribution in [-0.4, -0.2) is 17.5 Å². The van der Waals surface area contributed by atoms with Crippen molar-refractivity contribution in [2.75, 3.05) is 11.9 Å². The van der Waals surface area contributed by atoms with E-state index in [2.05, 4.69) is 36.3 Å². The van der Waals surface area contributed by atoms with Crippen molar-refractivity contribution in [2.45, 2.75) is 26.7 Å². The Kier molecular flexibility index (Phi) is 4.98. The number of fused-ring (bicyclic) bond motifs is 1. The predicted octanol–water partition coefficient (Wildman–Crippen LogP) is 4.68. The molecule has 4 nitrogen and oxygen atoms in total. The summed E-state index contributed by atoms with van der Waals surface area (Å²) in [6.45, 7) is 6.20. The number of hydrogen-bond acceptors (Lipinski definition) is 3. The first-order chi connectivity index (χ1) is 12.0. The van der Waals surface area contributed by atoms with Gasteiger partial charge in [0.05, 0.1) is 11.2 Å². The van der Waals surface area contributed by atoms with Crippen molar-refractivity contribution in [2.24, 2.45) is 0 Å². The highest BCUT2D eigenvalue weighted by Crippen LogP contribution is 2.27. The third-order valence-electron chi connectivity index (χ3n) is 4.06. The number of hydrogen-bond donors (Lipinski definition) is 1. The second-order valence-corrected chi connectivity index (χ2v) is 6.41. The van der Waals surface area contributed by atoms with Crippen LogP contribution in [-0.2, 0) is 4.79 Å². The summed E-state index contributed by atoms with van der Waals surface area (Å²) < 4.78 is 5.79. The number of pyridine rings is 1. The van der Waals surface area contributed by atoms with Gasteiger partial charge in [0.15, 0.2) is 6.61 Å². The zero-order valence-electron chi connectivity index (χ0n) is 14.7. The van der Waals surface area contributed by atoms with E-state index >= 15 is 0 Å². The zero-order valence-corrected chi connectivity index (χ0v) is 14.7. The van der Waals surface area contributed by atoms with Gasteiger partial charge in [0, 0.05) is 11.6 Å². The minimum Gasteiger partial charge on any atom is -0.483 e. The molecule has 0 spiro atoms. The van der Waals surface area contributed by atoms with Crippen LogP contribution in [0.15, 0.2) is 54.7 Å². The first-order valence-electron chi connectivity index (χ1n) is 8.41. The molecule has 1 amide bonds. The lowest BCUT2D eigenvalue weighted by molar-refractivity contribution is -0.118. The number of aromatic nitrogens is 1. The van der Waals surface area contributed by atoms with Crippen LogP contribution in [0.3, 0.4) is 0 Å². The molecule has 0 aliphatic carbocycles. The summed E-state index contributed by atoms with van der Waals surface area (Å²) in [6, 6.07) is 15.7. The van der Waals surface area contributed by atoms with Gasteiger partial charge in [-0.1, -0.05) is 44.2 Å². The fourth-order valence-corrected chi connectivity index (χ4v) is 2.78. The van der Waals surface area contributed by atoms with E-state index in [9.17, 15) is 4.79 Å². The Morgan fingerprint density at radius 1 is 1.16 bits per heavy atom. The average molecular weight is 334 g/mol. The molecule has 0 fully saturated rings. The van der Waals surface area contributed by atoms with E-state index in [4.69, 9.17) is 4.74 Å². The van der Waals surface area contributed by atoms with E-state index in [0.29, 0.717) is 11.6 Å². The first kappa shape index (κ1) is 17.0. The van der Waals surface area contributed by atoms with Crippen LogP contribution in [0.25, 0.3) is 10.9 Å². The summed E-state index contributed by atoms with van der Waals surface area (Å²) in [6.07, 6.45) is 1.72. The van der Waals surface area contributed by atoms with Gasteiger partial charge in [0.1, 0.15) is 5.75 Å². The monoisotopic (exact) mass is 334 g/mol. The van der Waals surface area contributed by atoms with Gasteiger partial charge in [-0.25, -0.2) is 0 Å². The van der Waals surface area contributed by atoms with Crippen molar-refractivity contribution in [1.82, 2.24) is 4.98 Å². The lowest BCUT2D eigenvalue weighted by Gasteiger charge is -2.15. The highest BCUT2D eigenvalue weighted by atomic mass is 16.5. The van der Waals surface area contributed by atoms with Crippen LogP contribution in [0.1, 0.15) is 30.9 Å². The molecule has 2 aromatic carbocycles. The van der Waals surface area contributed by atoms with Crippen LogP contribution < -0.4 is 10.1 Å². The van der Waals surface area contributed by atoms with E-state index in [1.54, 1.807) is 6.20 Å². The van der Waals surface area contributed by atoms with Crippen LogP contribution in [0, 0.1) is 6.92 Å². The third-order valence-corrected chi connectivity index (χ3v) is 4.06. The molecule has 0 atom stereocenters. The summed E-state index contributed by atoms with van der Waals surface area (Å²) in [5.41, 5.74) is 3.68. The van der Waals surface area contributed by atoms with Crippen LogP contribution >= 0.6 is 0 Å². The second kappa shape index (κ2) is 7.34. The number of anilines is 1. The number of nitrogens with zero attached hydrogens (tertiary/aromatic N) is 1. The molecule has 0 saturated heterocycles. The molecular weight excluding hydrogens is 312 g/mol. The standard InChI is InChI=1S/C21H22N2O2/c1-14(2)17-10-9-15(3)12-19(17)25-13-20(24)23-18-8-4-6-16-7-5-11-22-21(16)18/h4-12,14H,13H2,1-3H3,(H,23,24). The maximum absolute atomic E-state index is 12.3. The van der Waals surface area contributed by atoms with E-state index in [-0.39, 0.29) is 12.5 Å². The van der Waals surface area contributed by atoms with E-state index in [1.165, 1.54) is 0 Å². The second-order valence-electron chi connectivity index (χ2n) is 6.41. The lowest BCUT2D eigenvalue weighted by Crippen LogP contribution is -2.21. The summed E-state index contributed by atoms with van der Waals surface area (Å²) in [4.78, 5) is 16.7. The number of amides is 1. The van der Waals surface area contributed by atoms with Gasteiger partial charge in [-0.15, -0.1) is 0 Å². The highest BCUT2D eigenvalue weighted by molar-refractivity contribution is 6.00. The number of aryl methyl sites for hydroxylation is 1. The van der Waals surface area contributed by atoms with Crippen LogP contribution in [0.4, 0.5) is 5.69 Å². The Hall–Kier alpha value is -2.88. The van der Waals surface area contributed by atoms with Gasteiger partial charge in [0.25, 0.3) is 5.91 Å². The van der Waals surface area contributed by atoms with E-state index in [0.717, 1.165) is 27.8 Å². The molecule has 4 heteroatoms. The largest absolute Gasteiger partial charge is 0.483 e. The van der Waals surface area contributed by atoms with E-state index < -0.39 is 0 Å². The summed E-state index contributed by atoms with van der Waals surface area (Å²) in [5.74, 6) is 0.900. The number of benzene rings is 2. The number of rotatable bonds is 5. The Morgan fingerprint density at radius 3 is 2.76 bits per heavy atom. The summed E-state index contributed by atoms with van der Waals surface area (Å²) in [5, 5.41) is 3.88. The van der Waals surface area contributed by atoms with Gasteiger partial charge in [-0.3, -0.25) is 9.78 Å². The maximum Gasteiger partial charge on any atom is 0.262 e. The molecule has 0 aliphatic rings. The summed E-state index contributed by atoms with van der Waals surface area (Å²) in [7, 11) is 0. The van der Waals surface area contributed by atoms with Crippen molar-refractivity contribution >= 4 is 22.5 Å². The maximum atomic E-state index is 12.3. The number of ether oxygens (including phenoxy) is 1. The molecule has 1 aromatic heterocycles. The molecule has 3 aromatic rings. The molecule has 1 N–H and O–H groups in total. The molecule has 0 saturated carbocycles. The van der Waals surface area contributed by atoms with Crippen molar-refractivity contribution in [3.8, 4) is 5.75 Å². The molecule has 0 radical (unpaired) electrons. The average Bonchev–Trinajstić information content (AvgIpc) is 2.60. The molecule has 128 valence electrons. The van der Waals surface area contributed by atoms with Crippen molar-refractivity contribution < 1.29 is 9.53 Å². The van der Waals surface area contributed by atoms with Gasteiger partial charge in [-0.2, -0.15) is 0 Å². The van der Waals surface area contributed by atoms with Gasteiger partial charge in [0.2, 0.25) is 0 Å². The third kappa shape index (κ3) is 3.97. The minimum atomic E-state index is -0.200. The highest BCUT2D eigenvalue weighted by Gasteiger charge is 2.11. The van der Waals surface area contributed by atoms with Gasteiger partial charge < -0.3 is 10.1 Å². The molecule has 0 bridgehead atoms. The molecule has 0 aliphatic heterocycles. The first-order valence-corrected chi connectivity index (χ1v) is 8.41. The molecule has 25 heavy (non-hydrogen) atoms. The number of nitrogens with one attached hydrogen (secondary N) is 1. The zero-order chi connectivity index (χ0) is 17.8. The van der Waals surface area contributed by atoms with Gasteiger partial charge >= 0.3 is 0 Å². The Bertz CT molecular complexity index is 898. The number of carbonyl (C=O) groups is 1. The van der Waals surface area contributed by atoms with Crippen molar-refractivity contribution in [3.05, 3.63) is 65.9 Å². The fraction of sp³-hybridized carbons (Fsp3) is 0.238. The topological polar surface area (TPSA) is 51.2 Å². The SMILES string of the molecule is Cc1ccc(C(C)C)c(OCC(=O)Nc2cccc3cccnc23)c1. The van der Waals surface area contributed by atoms with Gasteiger partial charge in [-0.05, 0) is 42.2 Å². The van der Waals surface area contributed by atoms with Crippen LogP contribution in [0.5, 0.6) is 5.75 Å². The smallest absolute Gasteiger partial charge is 0.262 e. The summed E-state index contributed by atoms with van der Waals surface area (Å²) >= 11 is 0. The molecule has 1 heterocycles. The quantitative estimate of drug-likeness (QED) is 0.737. The number of carbonyl (C=O) groups excluding carboxylic acids is 1. The van der Waals surface area contributed by atoms with E-state index in [1.807, 2.05) is 43.3 Å². The Balaban J connectivity index is 1.72. The Morgan fingerprint density at radius 2 is 1.96 bits per heavy atom. The van der Waals surface area contributed by atoms with Crippen LogP contribution in [0.2, 0.25) is 0 Å². The predicted molar refractivity (Wildman–Crippen MR) is 101 cm³/mol. The number of para-hydroxylation sites is 1. The molecule has 0 unspecified atom stereocenters. The fourth-order valence-electron chi connectivity index (χ4n) is 2.78. The Labute approximate surface area is 147 Å². The normalized spacial score (nSPS) is 10.9. The lowest BCUT2D eigenvalue weighted by atomic mass is 10.0. The van der Waals surface area contributed by atoms with Crippen molar-refractivity contribution in [1.29, 1.82) is 0 Å².